The predicted octanol–water partition coefficient (Wildman–Crippen LogP) is 1.45. The molecule has 0 radical (unpaired) electrons. The Morgan fingerprint density at radius 2 is 2.26 bits per heavy atom. The van der Waals surface area contributed by atoms with E-state index in [-0.39, 0.29) is 5.91 Å². The van der Waals surface area contributed by atoms with Crippen LogP contribution in [0.3, 0.4) is 0 Å². The first-order valence-corrected chi connectivity index (χ1v) is 6.84. The maximum Gasteiger partial charge on any atom is 0.223 e. The molecule has 1 aromatic rings. The van der Waals surface area contributed by atoms with Crippen LogP contribution in [-0.4, -0.2) is 43.6 Å². The summed E-state index contributed by atoms with van der Waals surface area (Å²) < 4.78 is 5.31. The molecule has 1 unspecified atom stereocenters. The topological polar surface area (TPSA) is 41.6 Å². The molecular formula is C15H22N2O2. The number of hydrogen-bond acceptors (Lipinski definition) is 3. The van der Waals surface area contributed by atoms with Crippen LogP contribution in [0.15, 0.2) is 24.3 Å². The second-order valence-corrected chi connectivity index (χ2v) is 4.95. The second kappa shape index (κ2) is 6.57. The monoisotopic (exact) mass is 262 g/mol. The van der Waals surface area contributed by atoms with Gasteiger partial charge in [0.25, 0.3) is 0 Å². The zero-order valence-corrected chi connectivity index (χ0v) is 11.7. The number of nitrogens with one attached hydrogen (secondary N) is 1. The van der Waals surface area contributed by atoms with Crippen LogP contribution in [-0.2, 0) is 11.2 Å². The maximum atomic E-state index is 12.2. The van der Waals surface area contributed by atoms with Gasteiger partial charge in [-0.2, -0.15) is 0 Å². The summed E-state index contributed by atoms with van der Waals surface area (Å²) in [6.07, 6.45) is 1.28. The van der Waals surface area contributed by atoms with Gasteiger partial charge in [-0.25, -0.2) is 0 Å². The van der Waals surface area contributed by atoms with E-state index >= 15 is 0 Å². The van der Waals surface area contributed by atoms with Crippen LogP contribution in [0, 0.1) is 0 Å². The van der Waals surface area contributed by atoms with Crippen molar-refractivity contribution in [3.8, 4) is 5.75 Å². The van der Waals surface area contributed by atoms with Crippen molar-refractivity contribution in [1.29, 1.82) is 0 Å². The molecule has 1 aliphatic rings. The number of hydrogen-bond donors (Lipinski definition) is 1. The van der Waals surface area contributed by atoms with E-state index in [1.165, 1.54) is 0 Å². The number of methoxy groups -OCH3 is 1. The minimum absolute atomic E-state index is 0.236. The fraction of sp³-hybridized carbons (Fsp3) is 0.533. The zero-order valence-electron chi connectivity index (χ0n) is 11.7. The SMILES string of the molecule is COc1ccccc1CCC(=O)N1CCNCC1C. The first-order chi connectivity index (χ1) is 9.22. The van der Waals surface area contributed by atoms with Gasteiger partial charge in [-0.05, 0) is 25.0 Å². The van der Waals surface area contributed by atoms with Gasteiger partial charge in [0, 0.05) is 32.1 Å². The molecule has 1 aliphatic heterocycles. The zero-order chi connectivity index (χ0) is 13.7. The number of carbonyl (C=O) groups is 1. The lowest BCUT2D eigenvalue weighted by molar-refractivity contribution is -0.133. The van der Waals surface area contributed by atoms with Gasteiger partial charge in [0.1, 0.15) is 5.75 Å². The normalized spacial score (nSPS) is 19.3. The summed E-state index contributed by atoms with van der Waals surface area (Å²) in [5.74, 6) is 1.10. The molecule has 0 saturated carbocycles. The van der Waals surface area contributed by atoms with Crippen molar-refractivity contribution in [3.63, 3.8) is 0 Å². The van der Waals surface area contributed by atoms with Crippen LogP contribution >= 0.6 is 0 Å². The maximum absolute atomic E-state index is 12.2. The fourth-order valence-electron chi connectivity index (χ4n) is 2.51. The second-order valence-electron chi connectivity index (χ2n) is 4.95. The summed E-state index contributed by atoms with van der Waals surface area (Å²) in [5, 5.41) is 3.30. The van der Waals surface area contributed by atoms with Gasteiger partial charge in [0.2, 0.25) is 5.91 Å². The minimum Gasteiger partial charge on any atom is -0.496 e. The van der Waals surface area contributed by atoms with Gasteiger partial charge < -0.3 is 15.0 Å². The van der Waals surface area contributed by atoms with Crippen LogP contribution < -0.4 is 10.1 Å². The highest BCUT2D eigenvalue weighted by atomic mass is 16.5. The molecule has 1 heterocycles. The van der Waals surface area contributed by atoms with E-state index < -0.39 is 0 Å². The van der Waals surface area contributed by atoms with E-state index in [4.69, 9.17) is 4.74 Å². The highest BCUT2D eigenvalue weighted by Crippen LogP contribution is 2.19. The van der Waals surface area contributed by atoms with Gasteiger partial charge >= 0.3 is 0 Å². The number of para-hydroxylation sites is 1. The Kier molecular flexibility index (Phi) is 4.80. The van der Waals surface area contributed by atoms with Crippen molar-refractivity contribution in [2.75, 3.05) is 26.7 Å². The number of benzene rings is 1. The largest absolute Gasteiger partial charge is 0.496 e. The quantitative estimate of drug-likeness (QED) is 0.893. The molecule has 1 fully saturated rings. The summed E-state index contributed by atoms with van der Waals surface area (Å²) in [4.78, 5) is 14.2. The molecule has 0 spiro atoms. The van der Waals surface area contributed by atoms with Gasteiger partial charge in [-0.15, -0.1) is 0 Å². The molecule has 104 valence electrons. The highest BCUT2D eigenvalue weighted by molar-refractivity contribution is 5.77. The van der Waals surface area contributed by atoms with Gasteiger partial charge in [0.05, 0.1) is 7.11 Å². The average Bonchev–Trinajstić information content (AvgIpc) is 2.45. The molecule has 1 saturated heterocycles. The Hall–Kier alpha value is -1.55. The number of ether oxygens (including phenoxy) is 1. The van der Waals surface area contributed by atoms with Crippen LogP contribution in [0.1, 0.15) is 18.9 Å². The lowest BCUT2D eigenvalue weighted by Crippen LogP contribution is -2.52. The van der Waals surface area contributed by atoms with E-state index in [1.54, 1.807) is 7.11 Å². The van der Waals surface area contributed by atoms with E-state index in [1.807, 2.05) is 29.2 Å². The van der Waals surface area contributed by atoms with Crippen LogP contribution in [0.5, 0.6) is 5.75 Å². The molecule has 4 nitrogen and oxygen atoms in total. The molecule has 1 N–H and O–H groups in total. The molecule has 0 aromatic heterocycles. The predicted molar refractivity (Wildman–Crippen MR) is 75.4 cm³/mol. The van der Waals surface area contributed by atoms with Crippen molar-refractivity contribution in [3.05, 3.63) is 29.8 Å². The standard InChI is InChI=1S/C15H22N2O2/c1-12-11-16-9-10-17(12)15(18)8-7-13-5-3-4-6-14(13)19-2/h3-6,12,16H,7-11H2,1-2H3. The lowest BCUT2D eigenvalue weighted by atomic mass is 10.1. The third-order valence-electron chi connectivity index (χ3n) is 3.62. The van der Waals surface area contributed by atoms with E-state index in [0.29, 0.717) is 12.5 Å². The third-order valence-corrected chi connectivity index (χ3v) is 3.62. The summed E-state index contributed by atoms with van der Waals surface area (Å²) in [5.41, 5.74) is 1.10. The Balaban J connectivity index is 1.92. The Bertz CT molecular complexity index is 434. The van der Waals surface area contributed by atoms with Gasteiger partial charge in [0.15, 0.2) is 0 Å². The van der Waals surface area contributed by atoms with Crippen molar-refractivity contribution >= 4 is 5.91 Å². The Labute approximate surface area is 114 Å². The molecule has 2 rings (SSSR count). The summed E-state index contributed by atoms with van der Waals surface area (Å²) in [6, 6.07) is 8.18. The average molecular weight is 262 g/mol. The molecule has 0 aliphatic carbocycles. The van der Waals surface area contributed by atoms with E-state index in [0.717, 1.165) is 37.4 Å². The highest BCUT2D eigenvalue weighted by Gasteiger charge is 2.22. The van der Waals surface area contributed by atoms with Crippen LogP contribution in [0.4, 0.5) is 0 Å². The number of rotatable bonds is 4. The molecule has 0 bridgehead atoms. The minimum atomic E-state index is 0.236. The number of piperazine rings is 1. The molecular weight excluding hydrogens is 240 g/mol. The first-order valence-electron chi connectivity index (χ1n) is 6.84. The van der Waals surface area contributed by atoms with Gasteiger partial charge in [-0.3, -0.25) is 4.79 Å². The van der Waals surface area contributed by atoms with Crippen molar-refractivity contribution in [2.45, 2.75) is 25.8 Å². The summed E-state index contributed by atoms with van der Waals surface area (Å²) >= 11 is 0. The third kappa shape index (κ3) is 3.47. The van der Waals surface area contributed by atoms with E-state index in [2.05, 4.69) is 12.2 Å². The number of amides is 1. The summed E-state index contributed by atoms with van der Waals surface area (Å²) in [7, 11) is 1.67. The lowest BCUT2D eigenvalue weighted by Gasteiger charge is -2.34. The Morgan fingerprint density at radius 3 is 3.00 bits per heavy atom. The first kappa shape index (κ1) is 13.9. The number of nitrogens with zero attached hydrogens (tertiary/aromatic N) is 1. The summed E-state index contributed by atoms with van der Waals surface area (Å²) in [6.45, 7) is 4.68. The molecule has 1 amide bonds. The number of carbonyl (C=O) groups excluding carboxylic acids is 1. The van der Waals surface area contributed by atoms with Crippen molar-refractivity contribution in [2.24, 2.45) is 0 Å². The molecule has 1 atom stereocenters. The Morgan fingerprint density at radius 1 is 1.47 bits per heavy atom. The van der Waals surface area contributed by atoms with Crippen LogP contribution in [0.2, 0.25) is 0 Å². The molecule has 4 heteroatoms. The van der Waals surface area contributed by atoms with Crippen molar-refractivity contribution < 1.29 is 9.53 Å². The fourth-order valence-corrected chi connectivity index (χ4v) is 2.51. The molecule has 1 aromatic carbocycles. The van der Waals surface area contributed by atoms with Crippen molar-refractivity contribution in [1.82, 2.24) is 10.2 Å². The smallest absolute Gasteiger partial charge is 0.223 e. The molecule has 19 heavy (non-hydrogen) atoms. The van der Waals surface area contributed by atoms with Crippen LogP contribution in [0.25, 0.3) is 0 Å². The number of aryl methyl sites for hydroxylation is 1. The van der Waals surface area contributed by atoms with Gasteiger partial charge in [-0.1, -0.05) is 18.2 Å². The van der Waals surface area contributed by atoms with E-state index in [9.17, 15) is 4.79 Å².